The lowest BCUT2D eigenvalue weighted by atomic mass is 10.0. The zero-order valence-electron chi connectivity index (χ0n) is 17.3. The summed E-state index contributed by atoms with van der Waals surface area (Å²) in [6, 6.07) is 15.0. The molecule has 0 amide bonds. The van der Waals surface area contributed by atoms with Crippen LogP contribution < -0.4 is 5.32 Å². The van der Waals surface area contributed by atoms with Crippen molar-refractivity contribution < 1.29 is 4.39 Å². The fourth-order valence-corrected chi connectivity index (χ4v) is 3.50. The van der Waals surface area contributed by atoms with Gasteiger partial charge in [0.05, 0.1) is 5.52 Å². The number of benzene rings is 1. The van der Waals surface area contributed by atoms with E-state index < -0.39 is 5.82 Å². The lowest BCUT2D eigenvalue weighted by Gasteiger charge is -2.11. The minimum absolute atomic E-state index is 0.183. The third kappa shape index (κ3) is 4.00. The second-order valence-electron chi connectivity index (χ2n) is 7.39. The van der Waals surface area contributed by atoms with Crippen LogP contribution in [0.2, 0.25) is 0 Å². The Bertz CT molecular complexity index is 1400. The zero-order valence-corrected chi connectivity index (χ0v) is 17.3. The van der Waals surface area contributed by atoms with E-state index in [2.05, 4.69) is 30.2 Å². The fourth-order valence-electron chi connectivity index (χ4n) is 3.50. The van der Waals surface area contributed by atoms with Crippen molar-refractivity contribution in [1.82, 2.24) is 24.9 Å². The molecule has 0 aliphatic rings. The third-order valence-corrected chi connectivity index (χ3v) is 5.12. The van der Waals surface area contributed by atoms with E-state index in [4.69, 9.17) is 0 Å². The van der Waals surface area contributed by atoms with E-state index in [1.54, 1.807) is 37.1 Å². The van der Waals surface area contributed by atoms with Crippen LogP contribution in [0.25, 0.3) is 33.4 Å². The van der Waals surface area contributed by atoms with Gasteiger partial charge in [-0.25, -0.2) is 19.3 Å². The largest absolute Gasteiger partial charge is 0.363 e. The Hall–Kier alpha value is -4.26. The zero-order chi connectivity index (χ0) is 21.9. The Labute approximate surface area is 184 Å². The molecular weight excluding hydrogens is 403 g/mol. The second kappa shape index (κ2) is 8.47. The Morgan fingerprint density at radius 3 is 2.50 bits per heavy atom. The summed E-state index contributed by atoms with van der Waals surface area (Å²) < 4.78 is 15.2. The number of nitrogens with zero attached hydrogens (tertiary/aromatic N) is 5. The van der Waals surface area contributed by atoms with Gasteiger partial charge < -0.3 is 5.32 Å². The number of fused-ring (bicyclic) bond motifs is 1. The standard InChI is InChI=1S/C25H19FN6/c1-16-11-20(6-9-27-16)24-30-13-17(14-31-24)15-32-25-23(26)21(7-10-29-25)18-4-5-22-19(12-18)3-2-8-28-22/h2-14H,15H2,1H3,(H,29,32). The summed E-state index contributed by atoms with van der Waals surface area (Å²) in [4.78, 5) is 21.5. The number of pyridine rings is 3. The van der Waals surface area contributed by atoms with Crippen LogP contribution in [0.15, 0.2) is 79.5 Å². The number of rotatable bonds is 5. The van der Waals surface area contributed by atoms with Gasteiger partial charge in [0.2, 0.25) is 0 Å². The number of anilines is 1. The first-order valence-electron chi connectivity index (χ1n) is 10.1. The van der Waals surface area contributed by atoms with Crippen LogP contribution in [-0.2, 0) is 6.54 Å². The van der Waals surface area contributed by atoms with Gasteiger partial charge in [-0.2, -0.15) is 0 Å². The lowest BCUT2D eigenvalue weighted by Crippen LogP contribution is -2.05. The summed E-state index contributed by atoms with van der Waals surface area (Å²) in [6.07, 6.45) is 8.52. The summed E-state index contributed by atoms with van der Waals surface area (Å²) in [5.41, 5.74) is 4.75. The summed E-state index contributed by atoms with van der Waals surface area (Å²) in [5, 5.41) is 4.01. The van der Waals surface area contributed by atoms with Gasteiger partial charge in [0.15, 0.2) is 17.5 Å². The minimum Gasteiger partial charge on any atom is -0.363 e. The van der Waals surface area contributed by atoms with E-state index in [-0.39, 0.29) is 5.82 Å². The Morgan fingerprint density at radius 2 is 1.66 bits per heavy atom. The fraction of sp³-hybridized carbons (Fsp3) is 0.0800. The van der Waals surface area contributed by atoms with E-state index in [9.17, 15) is 0 Å². The Kier molecular flexibility index (Phi) is 5.21. The van der Waals surface area contributed by atoms with Crippen LogP contribution in [0.3, 0.4) is 0 Å². The highest BCUT2D eigenvalue weighted by Crippen LogP contribution is 2.28. The van der Waals surface area contributed by atoms with Crippen LogP contribution in [0.1, 0.15) is 11.3 Å². The maximum atomic E-state index is 15.2. The van der Waals surface area contributed by atoms with E-state index in [1.807, 2.05) is 49.4 Å². The average Bonchev–Trinajstić information content (AvgIpc) is 2.83. The molecule has 0 radical (unpaired) electrons. The minimum atomic E-state index is -0.402. The molecule has 156 valence electrons. The molecule has 0 saturated heterocycles. The van der Waals surface area contributed by atoms with E-state index in [1.165, 1.54) is 0 Å². The first kappa shape index (κ1) is 19.7. The molecule has 0 bridgehead atoms. The molecule has 1 N–H and O–H groups in total. The molecule has 32 heavy (non-hydrogen) atoms. The van der Waals surface area contributed by atoms with Crippen molar-refractivity contribution in [3.05, 3.63) is 96.6 Å². The molecule has 4 aromatic heterocycles. The molecule has 6 nitrogen and oxygen atoms in total. The smallest absolute Gasteiger partial charge is 0.173 e. The van der Waals surface area contributed by atoms with Crippen LogP contribution in [0, 0.1) is 12.7 Å². The van der Waals surface area contributed by atoms with Gasteiger partial charge in [0, 0.05) is 65.3 Å². The molecule has 0 saturated carbocycles. The van der Waals surface area contributed by atoms with Gasteiger partial charge >= 0.3 is 0 Å². The molecule has 5 rings (SSSR count). The van der Waals surface area contributed by atoms with Crippen LogP contribution in [-0.4, -0.2) is 24.9 Å². The number of hydrogen-bond donors (Lipinski definition) is 1. The summed E-state index contributed by atoms with van der Waals surface area (Å²) in [5.74, 6) is 0.402. The van der Waals surface area contributed by atoms with Gasteiger partial charge in [-0.1, -0.05) is 12.1 Å². The number of aromatic nitrogens is 5. The van der Waals surface area contributed by atoms with Crippen LogP contribution in [0.4, 0.5) is 10.2 Å². The molecule has 0 unspecified atom stereocenters. The van der Waals surface area contributed by atoms with Gasteiger partial charge in [0.1, 0.15) is 0 Å². The molecule has 7 heteroatoms. The van der Waals surface area contributed by atoms with Crippen LogP contribution in [0.5, 0.6) is 0 Å². The maximum Gasteiger partial charge on any atom is 0.173 e. The molecule has 0 atom stereocenters. The van der Waals surface area contributed by atoms with E-state index in [0.717, 1.165) is 33.3 Å². The van der Waals surface area contributed by atoms with Crippen molar-refractivity contribution in [2.75, 3.05) is 5.32 Å². The van der Waals surface area contributed by atoms with Crippen molar-refractivity contribution in [3.8, 4) is 22.5 Å². The van der Waals surface area contributed by atoms with Gasteiger partial charge in [-0.15, -0.1) is 0 Å². The summed E-state index contributed by atoms with van der Waals surface area (Å²) in [6.45, 7) is 2.27. The normalized spacial score (nSPS) is 10.9. The highest BCUT2D eigenvalue weighted by Gasteiger charge is 2.12. The van der Waals surface area contributed by atoms with Gasteiger partial charge in [-0.05, 0) is 48.9 Å². The molecule has 0 aliphatic heterocycles. The van der Waals surface area contributed by atoms with Crippen molar-refractivity contribution in [1.29, 1.82) is 0 Å². The quantitative estimate of drug-likeness (QED) is 0.419. The van der Waals surface area contributed by atoms with Crippen molar-refractivity contribution in [3.63, 3.8) is 0 Å². The SMILES string of the molecule is Cc1cc(-c2ncc(CNc3nccc(-c4ccc5ncccc5c4)c3F)cn2)ccn1. The van der Waals surface area contributed by atoms with E-state index >= 15 is 4.39 Å². The maximum absolute atomic E-state index is 15.2. The highest BCUT2D eigenvalue weighted by atomic mass is 19.1. The number of halogens is 1. The number of nitrogens with one attached hydrogen (secondary N) is 1. The molecule has 0 aliphatic carbocycles. The molecule has 5 aromatic rings. The van der Waals surface area contributed by atoms with Crippen molar-refractivity contribution in [2.45, 2.75) is 13.5 Å². The predicted molar refractivity (Wildman–Crippen MR) is 122 cm³/mol. The molecule has 0 fully saturated rings. The van der Waals surface area contributed by atoms with Crippen molar-refractivity contribution >= 4 is 16.7 Å². The Morgan fingerprint density at radius 1 is 0.812 bits per heavy atom. The Balaban J connectivity index is 1.35. The lowest BCUT2D eigenvalue weighted by molar-refractivity contribution is 0.628. The second-order valence-corrected chi connectivity index (χ2v) is 7.39. The average molecular weight is 422 g/mol. The van der Waals surface area contributed by atoms with Crippen molar-refractivity contribution in [2.24, 2.45) is 0 Å². The summed E-state index contributed by atoms with van der Waals surface area (Å²) in [7, 11) is 0. The molecular formula is C25H19FN6. The predicted octanol–water partition coefficient (Wildman–Crippen LogP) is 5.21. The number of hydrogen-bond acceptors (Lipinski definition) is 6. The monoisotopic (exact) mass is 422 g/mol. The first-order chi connectivity index (χ1) is 15.7. The topological polar surface area (TPSA) is 76.5 Å². The molecule has 0 spiro atoms. The number of aryl methyl sites for hydroxylation is 1. The van der Waals surface area contributed by atoms with Crippen LogP contribution >= 0.6 is 0 Å². The van der Waals surface area contributed by atoms with Gasteiger partial charge in [-0.3, -0.25) is 9.97 Å². The first-order valence-corrected chi connectivity index (χ1v) is 10.1. The molecule has 4 heterocycles. The third-order valence-electron chi connectivity index (χ3n) is 5.12. The molecule has 1 aromatic carbocycles. The summed E-state index contributed by atoms with van der Waals surface area (Å²) >= 11 is 0. The van der Waals surface area contributed by atoms with E-state index in [0.29, 0.717) is 17.9 Å². The van der Waals surface area contributed by atoms with Gasteiger partial charge in [0.25, 0.3) is 0 Å². The highest BCUT2D eigenvalue weighted by molar-refractivity contribution is 5.84.